The fraction of sp³-hybridized carbons (Fsp3) is 0.810. The predicted molar refractivity (Wildman–Crippen MR) is 287 cm³/mol. The first kappa shape index (κ1) is 54.8. The molecule has 3 aliphatic heterocycles. The van der Waals surface area contributed by atoms with Gasteiger partial charge in [0.25, 0.3) is 0 Å². The SMILES string of the molecule is CCOC(=O)CCc1cc2ccoc2c2c1OC1OC3(CSSC4(CCC5(CC6CCC(NC)C6C5)C4CCC4(O)CCCC4)C(CCC(C)CCCC3O)NCCO2)C2(O)CC3C=CC(O)C(CO)C3C1(O)C2O. The quantitative estimate of drug-likeness (QED) is 0.0721. The second kappa shape index (κ2) is 21.4. The molecule has 0 radical (unpaired) electrons. The van der Waals surface area contributed by atoms with Crippen LogP contribution in [-0.2, 0) is 20.7 Å². The molecule has 11 rings (SSSR count). The van der Waals surface area contributed by atoms with Crippen LogP contribution < -0.4 is 20.1 Å². The minimum atomic E-state index is -2.49. The van der Waals surface area contributed by atoms with Crippen molar-refractivity contribution in [2.24, 2.45) is 46.8 Å². The Labute approximate surface area is 450 Å². The number of aryl methyl sites for hydroxylation is 1. The highest BCUT2D eigenvalue weighted by Crippen LogP contribution is 2.71. The molecule has 1 aromatic heterocycles. The molecule has 2 saturated heterocycles. The maximum atomic E-state index is 13.8. The molecule has 3 spiro atoms. The molecule has 15 nitrogen and oxygen atoms in total. The van der Waals surface area contributed by atoms with Crippen LogP contribution in [0.3, 0.4) is 0 Å². The number of aliphatic hydroxyl groups excluding tert-OH is 4. The van der Waals surface area contributed by atoms with E-state index in [1.807, 2.05) is 22.9 Å². The molecule has 18 atom stereocenters. The van der Waals surface area contributed by atoms with Crippen LogP contribution in [0.5, 0.6) is 11.5 Å². The number of allylic oxidation sites excluding steroid dienone is 1. The maximum Gasteiger partial charge on any atom is 0.306 e. The fourth-order valence-electron chi connectivity index (χ4n) is 17.5. The van der Waals surface area contributed by atoms with Crippen molar-refractivity contribution in [1.29, 1.82) is 0 Å². The normalized spacial score (nSPS) is 44.5. The Morgan fingerprint density at radius 2 is 1.79 bits per heavy atom. The van der Waals surface area contributed by atoms with Crippen molar-refractivity contribution in [2.45, 2.75) is 206 Å². The molecular weight excluding hydrogens is 997 g/mol. The standard InChI is InChI=1S/C58H86N2O13S2/c1-4-69-46(64)17-13-35-28-36-19-26-70-48(36)50-49(35)72-52-58(68)47-38(12-15-42(62)40(47)32-61)30-56(67,51(58)65)57(73-52)33-74-75-55(44(60-25-27-71-50)16-10-34(2)8-7-9-45(57)63)24-23-53(29-37-11-14-41(59-3)39(37)31-53)43(55)18-22-54(66)20-5-6-21-54/h12,15,19,26,28,34,37-45,47,51-52,59-63,65-68H,4-11,13-14,16-18,20-25,27,29-33H2,1-3H3. The van der Waals surface area contributed by atoms with Crippen molar-refractivity contribution in [3.63, 3.8) is 0 Å². The minimum Gasteiger partial charge on any atom is -0.485 e. The summed E-state index contributed by atoms with van der Waals surface area (Å²) in [5.41, 5.74) is -6.45. The summed E-state index contributed by atoms with van der Waals surface area (Å²) in [6.07, 6.45) is 14.2. The Hall–Kier alpha value is -2.13. The summed E-state index contributed by atoms with van der Waals surface area (Å²) in [7, 11) is 5.55. The van der Waals surface area contributed by atoms with Gasteiger partial charge in [-0.3, -0.25) is 4.79 Å². The van der Waals surface area contributed by atoms with E-state index in [1.54, 1.807) is 36.1 Å². The van der Waals surface area contributed by atoms with Gasteiger partial charge in [0.2, 0.25) is 12.0 Å². The third-order valence-electron chi connectivity index (χ3n) is 21.3. The molecule has 418 valence electrons. The fourth-order valence-corrected chi connectivity index (χ4v) is 21.8. The Balaban J connectivity index is 1.09. The van der Waals surface area contributed by atoms with Crippen LogP contribution in [0, 0.1) is 46.8 Å². The summed E-state index contributed by atoms with van der Waals surface area (Å²) in [4.78, 5) is 13.1. The lowest BCUT2D eigenvalue weighted by molar-refractivity contribution is -0.424. The van der Waals surface area contributed by atoms with Crippen molar-refractivity contribution in [2.75, 3.05) is 39.2 Å². The van der Waals surface area contributed by atoms with Gasteiger partial charge in [0, 0.05) is 59.4 Å². The lowest BCUT2D eigenvalue weighted by Crippen LogP contribution is -2.86. The van der Waals surface area contributed by atoms with Gasteiger partial charge < -0.3 is 69.7 Å². The van der Waals surface area contributed by atoms with Crippen LogP contribution in [-0.4, -0.2) is 145 Å². The van der Waals surface area contributed by atoms with Gasteiger partial charge in [0.05, 0.1) is 30.7 Å². The van der Waals surface area contributed by atoms with Crippen molar-refractivity contribution >= 4 is 38.5 Å². The van der Waals surface area contributed by atoms with Crippen LogP contribution in [0.2, 0.25) is 0 Å². The number of ether oxygens (including phenoxy) is 4. The molecule has 6 aliphatic carbocycles. The Morgan fingerprint density at radius 1 is 0.960 bits per heavy atom. The molecule has 1 aromatic carbocycles. The highest BCUT2D eigenvalue weighted by atomic mass is 33.1. The van der Waals surface area contributed by atoms with Gasteiger partial charge in [-0.2, -0.15) is 0 Å². The number of nitrogens with one attached hydrogen (secondary N) is 2. The lowest BCUT2D eigenvalue weighted by atomic mass is 9.50. The van der Waals surface area contributed by atoms with Crippen LogP contribution in [0.4, 0.5) is 0 Å². The molecule has 17 heteroatoms. The molecule has 4 heterocycles. The zero-order valence-electron chi connectivity index (χ0n) is 44.5. The first-order chi connectivity index (χ1) is 36.1. The first-order valence-electron chi connectivity index (χ1n) is 29.0. The van der Waals surface area contributed by atoms with E-state index in [-0.39, 0.29) is 78.3 Å². The summed E-state index contributed by atoms with van der Waals surface area (Å²) < 4.78 is 32.7. The number of esters is 1. The van der Waals surface area contributed by atoms with E-state index < -0.39 is 77.3 Å². The topological polar surface area (TPSA) is 233 Å². The number of benzene rings is 1. The molecule has 75 heavy (non-hydrogen) atoms. The number of fused-ring (bicyclic) bond motifs is 12. The van der Waals surface area contributed by atoms with Gasteiger partial charge in [-0.1, -0.05) is 66.3 Å². The van der Waals surface area contributed by atoms with E-state index in [4.69, 9.17) is 23.4 Å². The third kappa shape index (κ3) is 9.24. The van der Waals surface area contributed by atoms with E-state index in [1.165, 1.54) is 19.3 Å². The van der Waals surface area contributed by atoms with E-state index in [9.17, 15) is 40.5 Å². The Morgan fingerprint density at radius 3 is 2.57 bits per heavy atom. The highest BCUT2D eigenvalue weighted by molar-refractivity contribution is 8.77. The second-order valence-corrected chi connectivity index (χ2v) is 27.8. The highest BCUT2D eigenvalue weighted by Gasteiger charge is 2.78. The molecule has 0 amide bonds. The molecular formula is C58H86N2O13S2. The van der Waals surface area contributed by atoms with Gasteiger partial charge in [-0.15, -0.1) is 0 Å². The molecule has 9 aliphatic rings. The number of rotatable bonds is 9. The van der Waals surface area contributed by atoms with Crippen molar-refractivity contribution < 1.29 is 63.9 Å². The number of hydrogen-bond acceptors (Lipinski definition) is 17. The molecule has 7 fully saturated rings. The average molecular weight is 1080 g/mol. The van der Waals surface area contributed by atoms with Gasteiger partial charge in [0.15, 0.2) is 16.9 Å². The third-order valence-corrected chi connectivity index (χ3v) is 24.7. The maximum absolute atomic E-state index is 13.8. The number of aliphatic hydroxyl groups is 7. The summed E-state index contributed by atoms with van der Waals surface area (Å²) in [6.45, 7) is 4.35. The predicted octanol–water partition coefficient (Wildman–Crippen LogP) is 6.72. The zero-order valence-corrected chi connectivity index (χ0v) is 46.1. The smallest absolute Gasteiger partial charge is 0.306 e. The van der Waals surface area contributed by atoms with Crippen molar-refractivity contribution in [3.05, 3.63) is 36.1 Å². The molecule has 2 aromatic rings. The lowest BCUT2D eigenvalue weighted by Gasteiger charge is -2.67. The van der Waals surface area contributed by atoms with Crippen LogP contribution in [0.15, 0.2) is 35.0 Å². The van der Waals surface area contributed by atoms with Gasteiger partial charge in [-0.05, 0) is 163 Å². The van der Waals surface area contributed by atoms with E-state index >= 15 is 0 Å². The molecule has 9 N–H and O–H groups in total. The summed E-state index contributed by atoms with van der Waals surface area (Å²) in [5, 5.41) is 97.1. The molecule has 5 bridgehead atoms. The van der Waals surface area contributed by atoms with Gasteiger partial charge in [-0.25, -0.2) is 0 Å². The number of hydrogen-bond donors (Lipinski definition) is 9. The van der Waals surface area contributed by atoms with E-state index in [2.05, 4.69) is 24.6 Å². The zero-order chi connectivity index (χ0) is 52.5. The van der Waals surface area contributed by atoms with Crippen LogP contribution in [0.1, 0.15) is 141 Å². The van der Waals surface area contributed by atoms with Crippen LogP contribution >= 0.6 is 21.6 Å². The first-order valence-corrected chi connectivity index (χ1v) is 31.3. The van der Waals surface area contributed by atoms with Crippen molar-refractivity contribution in [1.82, 2.24) is 10.6 Å². The van der Waals surface area contributed by atoms with E-state index in [0.29, 0.717) is 53.3 Å². The molecule has 5 saturated carbocycles. The minimum absolute atomic E-state index is 0.00894. The van der Waals surface area contributed by atoms with Crippen molar-refractivity contribution in [3.8, 4) is 11.5 Å². The number of furan rings is 1. The van der Waals surface area contributed by atoms with E-state index in [0.717, 1.165) is 77.0 Å². The largest absolute Gasteiger partial charge is 0.485 e. The average Bonchev–Trinajstić information content (AvgIpc) is 4.24. The summed E-state index contributed by atoms with van der Waals surface area (Å²) in [6, 6.07) is 4.15. The Bertz CT molecular complexity index is 2390. The molecule has 18 unspecified atom stereocenters. The van der Waals surface area contributed by atoms with Gasteiger partial charge >= 0.3 is 5.97 Å². The van der Waals surface area contributed by atoms with Crippen LogP contribution in [0.25, 0.3) is 11.0 Å². The number of carbonyl (C=O) groups excluding carboxylic acids is 1. The van der Waals surface area contributed by atoms with Gasteiger partial charge in [0.1, 0.15) is 23.9 Å². The Kier molecular flexibility index (Phi) is 15.6. The monoisotopic (exact) mass is 1080 g/mol. The second-order valence-electron chi connectivity index (χ2n) is 25.1. The summed E-state index contributed by atoms with van der Waals surface area (Å²) >= 11 is 0. The number of carbonyl (C=O) groups is 1. The summed E-state index contributed by atoms with van der Waals surface area (Å²) in [5.74, 6) is -1.09.